The van der Waals surface area contributed by atoms with Crippen LogP contribution in [0.4, 0.5) is 4.79 Å². The highest BCUT2D eigenvalue weighted by molar-refractivity contribution is 5.92. The second-order valence-corrected chi connectivity index (χ2v) is 12.0. The standard InChI is InChI=1S/C31H43N9O7/c1-18(2)26-27-34-20(4)38-40(27)16-25(42)32-12-14-39(30(45)23-17-47-31(46)36-23)13-8-11-24(41)33-19(3)28(43)35-22(29(44)37-26)15-21-9-6-5-7-10-21/h5-7,9-10,18-19,22-23,26H,8,11-17H2,1-4H3,(H,32,42)(H,33,41)(H,35,43)(H,36,46)(H,37,44)/t19-,22+,23-,26-/m0/s1. The average Bonchev–Trinajstić information content (AvgIpc) is 3.62. The monoisotopic (exact) mass is 653 g/mol. The van der Waals surface area contributed by atoms with Gasteiger partial charge in [0.05, 0.1) is 6.04 Å². The lowest BCUT2D eigenvalue weighted by Crippen LogP contribution is -2.54. The van der Waals surface area contributed by atoms with Gasteiger partial charge in [-0.1, -0.05) is 44.2 Å². The molecular weight excluding hydrogens is 610 g/mol. The van der Waals surface area contributed by atoms with Crippen LogP contribution in [0.3, 0.4) is 0 Å². The molecule has 6 amide bonds. The van der Waals surface area contributed by atoms with Crippen molar-refractivity contribution in [3.63, 3.8) is 0 Å². The molecule has 16 nitrogen and oxygen atoms in total. The lowest BCUT2D eigenvalue weighted by atomic mass is 10.0. The van der Waals surface area contributed by atoms with Gasteiger partial charge in [0, 0.05) is 32.5 Å². The molecule has 0 unspecified atom stereocenters. The van der Waals surface area contributed by atoms with Crippen LogP contribution in [0, 0.1) is 12.8 Å². The minimum atomic E-state index is -0.989. The zero-order valence-electron chi connectivity index (χ0n) is 27.1. The van der Waals surface area contributed by atoms with Gasteiger partial charge in [0.2, 0.25) is 29.5 Å². The molecule has 254 valence electrons. The van der Waals surface area contributed by atoms with Gasteiger partial charge in [-0.25, -0.2) is 14.5 Å². The summed E-state index contributed by atoms with van der Waals surface area (Å²) in [6.45, 7) is 7.02. The van der Waals surface area contributed by atoms with E-state index in [0.717, 1.165) is 5.56 Å². The van der Waals surface area contributed by atoms with Crippen molar-refractivity contribution >= 4 is 35.6 Å². The Balaban J connectivity index is 1.60. The molecule has 1 aromatic heterocycles. The highest BCUT2D eigenvalue weighted by atomic mass is 16.6. The van der Waals surface area contributed by atoms with E-state index in [4.69, 9.17) is 4.74 Å². The molecule has 2 aliphatic heterocycles. The fourth-order valence-electron chi connectivity index (χ4n) is 5.36. The van der Waals surface area contributed by atoms with Gasteiger partial charge >= 0.3 is 6.09 Å². The number of carbonyl (C=O) groups excluding carboxylic acids is 6. The van der Waals surface area contributed by atoms with Crippen LogP contribution in [0.25, 0.3) is 0 Å². The van der Waals surface area contributed by atoms with Crippen molar-refractivity contribution < 1.29 is 33.5 Å². The summed E-state index contributed by atoms with van der Waals surface area (Å²) in [5.41, 5.74) is 0.818. The number of amides is 6. The maximum atomic E-state index is 13.8. The number of nitrogens with zero attached hydrogens (tertiary/aromatic N) is 4. The molecular formula is C31H43N9O7. The molecule has 2 aliphatic rings. The second-order valence-electron chi connectivity index (χ2n) is 12.0. The van der Waals surface area contributed by atoms with Crippen molar-refractivity contribution in [1.82, 2.24) is 46.2 Å². The molecule has 0 radical (unpaired) electrons. The fourth-order valence-corrected chi connectivity index (χ4v) is 5.36. The average molecular weight is 654 g/mol. The summed E-state index contributed by atoms with van der Waals surface area (Å²) in [7, 11) is 0. The van der Waals surface area contributed by atoms with Crippen LogP contribution in [0.15, 0.2) is 30.3 Å². The van der Waals surface area contributed by atoms with Gasteiger partial charge < -0.3 is 36.2 Å². The number of alkyl carbamates (subject to hydrolysis) is 1. The second kappa shape index (κ2) is 16.0. The molecule has 16 heteroatoms. The molecule has 2 aromatic rings. The number of hydrogen-bond acceptors (Lipinski definition) is 9. The Morgan fingerprint density at radius 3 is 2.40 bits per heavy atom. The third kappa shape index (κ3) is 9.73. The van der Waals surface area contributed by atoms with Crippen LogP contribution in [-0.2, 0) is 41.7 Å². The first-order valence-corrected chi connectivity index (χ1v) is 15.8. The Labute approximate surface area is 272 Å². The van der Waals surface area contributed by atoms with E-state index in [9.17, 15) is 28.8 Å². The summed E-state index contributed by atoms with van der Waals surface area (Å²) in [6, 6.07) is 5.74. The van der Waals surface area contributed by atoms with Crippen LogP contribution in [0.1, 0.15) is 56.9 Å². The largest absolute Gasteiger partial charge is 0.447 e. The van der Waals surface area contributed by atoms with Gasteiger partial charge in [0.15, 0.2) is 5.82 Å². The van der Waals surface area contributed by atoms with Crippen molar-refractivity contribution in [3.05, 3.63) is 47.5 Å². The first kappa shape index (κ1) is 34.8. The Bertz CT molecular complexity index is 1460. The van der Waals surface area contributed by atoms with Gasteiger partial charge in [-0.3, -0.25) is 24.0 Å². The smallest absolute Gasteiger partial charge is 0.407 e. The van der Waals surface area contributed by atoms with E-state index < -0.39 is 59.8 Å². The van der Waals surface area contributed by atoms with Crippen LogP contribution in [0.5, 0.6) is 0 Å². The van der Waals surface area contributed by atoms with Crippen LogP contribution < -0.4 is 26.6 Å². The predicted molar refractivity (Wildman–Crippen MR) is 167 cm³/mol. The Morgan fingerprint density at radius 1 is 0.979 bits per heavy atom. The number of aromatic nitrogens is 3. The zero-order valence-corrected chi connectivity index (χ0v) is 27.1. The maximum Gasteiger partial charge on any atom is 0.407 e. The SMILES string of the molecule is Cc1nc2n(n1)CC(=O)NCCN(C(=O)[C@@H]1COC(=O)N1)CCCC(=O)N[C@@H](C)C(=O)N[C@H](Cc1ccccc1)C(=O)N[C@H]2C(C)C. The van der Waals surface area contributed by atoms with Gasteiger partial charge in [-0.2, -0.15) is 5.10 Å². The number of rotatable bonds is 4. The van der Waals surface area contributed by atoms with E-state index in [-0.39, 0.29) is 58.0 Å². The number of cyclic esters (lactones) is 1. The molecule has 1 aromatic carbocycles. The number of fused-ring (bicyclic) bond motifs is 1. The zero-order chi connectivity index (χ0) is 34.1. The highest BCUT2D eigenvalue weighted by Gasteiger charge is 2.33. The first-order chi connectivity index (χ1) is 22.4. The predicted octanol–water partition coefficient (Wildman–Crippen LogP) is -0.521. The van der Waals surface area contributed by atoms with Gasteiger partial charge in [0.1, 0.15) is 37.1 Å². The molecule has 0 spiro atoms. The first-order valence-electron chi connectivity index (χ1n) is 15.8. The fraction of sp³-hybridized carbons (Fsp3) is 0.548. The Hall–Kier alpha value is -5.02. The normalized spacial score (nSPS) is 23.9. The summed E-state index contributed by atoms with van der Waals surface area (Å²) in [4.78, 5) is 83.6. The number of aryl methyl sites for hydroxylation is 1. The van der Waals surface area contributed by atoms with E-state index >= 15 is 0 Å². The van der Waals surface area contributed by atoms with Gasteiger partial charge in [0.25, 0.3) is 0 Å². The Kier molecular flexibility index (Phi) is 11.9. The topological polar surface area (TPSA) is 206 Å². The molecule has 4 rings (SSSR count). The summed E-state index contributed by atoms with van der Waals surface area (Å²) in [5.74, 6) is -1.63. The molecule has 0 aliphatic carbocycles. The lowest BCUT2D eigenvalue weighted by Gasteiger charge is -2.27. The van der Waals surface area contributed by atoms with Crippen LogP contribution in [-0.4, -0.2) is 99.7 Å². The van der Waals surface area contributed by atoms with Crippen molar-refractivity contribution in [2.24, 2.45) is 5.92 Å². The minimum Gasteiger partial charge on any atom is -0.447 e. The molecule has 3 heterocycles. The number of hydrogen-bond donors (Lipinski definition) is 5. The highest BCUT2D eigenvalue weighted by Crippen LogP contribution is 2.21. The molecule has 0 saturated carbocycles. The van der Waals surface area contributed by atoms with E-state index in [1.807, 2.05) is 44.2 Å². The number of benzene rings is 1. The van der Waals surface area contributed by atoms with Gasteiger partial charge in [-0.05, 0) is 31.7 Å². The molecule has 5 N–H and O–H groups in total. The van der Waals surface area contributed by atoms with Crippen molar-refractivity contribution in [2.45, 2.75) is 77.7 Å². The minimum absolute atomic E-state index is 0.000288. The molecule has 4 atom stereocenters. The summed E-state index contributed by atoms with van der Waals surface area (Å²) in [6.07, 6.45) is -0.260. The molecule has 47 heavy (non-hydrogen) atoms. The molecule has 1 saturated heterocycles. The summed E-state index contributed by atoms with van der Waals surface area (Å²) < 4.78 is 6.30. The van der Waals surface area contributed by atoms with Crippen molar-refractivity contribution in [3.8, 4) is 0 Å². The summed E-state index contributed by atoms with van der Waals surface area (Å²) in [5, 5.41) is 18.1. The number of nitrogens with one attached hydrogen (secondary N) is 5. The third-order valence-corrected chi connectivity index (χ3v) is 7.85. The Morgan fingerprint density at radius 2 is 1.72 bits per heavy atom. The number of ether oxygens (including phenoxy) is 1. The van der Waals surface area contributed by atoms with E-state index in [0.29, 0.717) is 11.6 Å². The van der Waals surface area contributed by atoms with Crippen molar-refractivity contribution in [1.29, 1.82) is 0 Å². The summed E-state index contributed by atoms with van der Waals surface area (Å²) >= 11 is 0. The van der Waals surface area contributed by atoms with Crippen LogP contribution >= 0.6 is 0 Å². The van der Waals surface area contributed by atoms with E-state index in [1.54, 1.807) is 6.92 Å². The van der Waals surface area contributed by atoms with Crippen LogP contribution in [0.2, 0.25) is 0 Å². The van der Waals surface area contributed by atoms with E-state index in [1.165, 1.54) is 16.5 Å². The van der Waals surface area contributed by atoms with Gasteiger partial charge in [-0.15, -0.1) is 0 Å². The lowest BCUT2D eigenvalue weighted by molar-refractivity contribution is -0.134. The maximum absolute atomic E-state index is 13.8. The third-order valence-electron chi connectivity index (χ3n) is 7.85. The molecule has 1 fully saturated rings. The van der Waals surface area contributed by atoms with Crippen molar-refractivity contribution in [2.75, 3.05) is 26.2 Å². The van der Waals surface area contributed by atoms with E-state index in [2.05, 4.69) is 36.7 Å². The number of carbonyl (C=O) groups is 6. The molecule has 0 bridgehead atoms. The quantitative estimate of drug-likeness (QED) is 0.287.